The van der Waals surface area contributed by atoms with Gasteiger partial charge in [-0.1, -0.05) is 95.0 Å². The maximum absolute atomic E-state index is 15.6. The Bertz CT molecular complexity index is 2380. The van der Waals surface area contributed by atoms with Crippen molar-refractivity contribution in [3.8, 4) is 34.3 Å². The normalized spacial score (nSPS) is 15.8. The lowest BCUT2D eigenvalue weighted by Gasteiger charge is -2.41. The van der Waals surface area contributed by atoms with Gasteiger partial charge in [0.15, 0.2) is 0 Å². The van der Waals surface area contributed by atoms with Gasteiger partial charge >= 0.3 is 0 Å². The molecule has 2 aromatic carbocycles. The van der Waals surface area contributed by atoms with Crippen LogP contribution in [0, 0.1) is 11.3 Å². The van der Waals surface area contributed by atoms with E-state index >= 15 is 8.78 Å². The quantitative estimate of drug-likeness (QED) is 0.104. The van der Waals surface area contributed by atoms with E-state index in [0.29, 0.717) is 40.9 Å². The SMILES string of the molecule is CC(C)(C)[Si](O)(c1ccccc1)c1ccccc1C1CCOc2c(-c3c(-c4cccnc4C#N)c4cccnc4n3COCC[Si](C)(C)C)c(C(F)F)nn21. The molecular formula is C42H46F2N6O3Si2. The predicted molar refractivity (Wildman–Crippen MR) is 216 cm³/mol. The molecule has 9 nitrogen and oxygen atoms in total. The van der Waals surface area contributed by atoms with Crippen LogP contribution in [-0.2, 0) is 11.5 Å². The summed E-state index contributed by atoms with van der Waals surface area (Å²) in [6.45, 7) is 13.7. The molecule has 13 heteroatoms. The maximum atomic E-state index is 15.6. The summed E-state index contributed by atoms with van der Waals surface area (Å²) in [6.07, 6.45) is 0.645. The van der Waals surface area contributed by atoms with Crippen LogP contribution in [0.1, 0.15) is 56.6 Å². The van der Waals surface area contributed by atoms with Crippen LogP contribution in [0.3, 0.4) is 0 Å². The van der Waals surface area contributed by atoms with Crippen molar-refractivity contribution in [1.29, 1.82) is 5.26 Å². The first-order chi connectivity index (χ1) is 26.3. The number of fused-ring (bicyclic) bond motifs is 2. The van der Waals surface area contributed by atoms with Crippen LogP contribution in [0.25, 0.3) is 33.4 Å². The van der Waals surface area contributed by atoms with E-state index in [1.54, 1.807) is 33.6 Å². The third-order valence-corrected chi connectivity index (χ3v) is 16.7. The van der Waals surface area contributed by atoms with Crippen LogP contribution < -0.4 is 15.1 Å². The molecule has 5 heterocycles. The van der Waals surface area contributed by atoms with Gasteiger partial charge in [-0.25, -0.2) is 23.4 Å². The fourth-order valence-corrected chi connectivity index (χ4v) is 12.1. The molecule has 1 N–H and O–H groups in total. The van der Waals surface area contributed by atoms with E-state index in [2.05, 4.69) is 35.8 Å². The molecule has 0 fully saturated rings. The van der Waals surface area contributed by atoms with Crippen molar-refractivity contribution in [2.75, 3.05) is 13.2 Å². The fourth-order valence-electron chi connectivity index (χ4n) is 7.69. The number of nitriles is 1. The highest BCUT2D eigenvalue weighted by Gasteiger charge is 2.49. The highest BCUT2D eigenvalue weighted by molar-refractivity contribution is 6.98. The molecule has 0 spiro atoms. The number of pyridine rings is 2. The summed E-state index contributed by atoms with van der Waals surface area (Å²) in [5.74, 6) is 0.178. The number of ether oxygens (including phenoxy) is 2. The molecule has 0 radical (unpaired) electrons. The summed E-state index contributed by atoms with van der Waals surface area (Å²) < 4.78 is 47.3. The third-order valence-electron chi connectivity index (χ3n) is 10.5. The second-order valence-electron chi connectivity index (χ2n) is 16.3. The number of halogens is 2. The van der Waals surface area contributed by atoms with Crippen LogP contribution in [0.5, 0.6) is 5.88 Å². The molecule has 0 saturated carbocycles. The minimum absolute atomic E-state index is 0.0241. The van der Waals surface area contributed by atoms with Crippen molar-refractivity contribution < 1.29 is 23.1 Å². The zero-order chi connectivity index (χ0) is 39.1. The highest BCUT2D eigenvalue weighted by atomic mass is 28.4. The molecule has 0 amide bonds. The van der Waals surface area contributed by atoms with Gasteiger partial charge < -0.3 is 18.8 Å². The summed E-state index contributed by atoms with van der Waals surface area (Å²) in [4.78, 5) is 22.0. The number of aromatic nitrogens is 5. The van der Waals surface area contributed by atoms with Crippen molar-refractivity contribution in [3.63, 3.8) is 0 Å². The minimum Gasteiger partial charge on any atom is -0.477 e. The van der Waals surface area contributed by atoms with Crippen LogP contribution in [0.2, 0.25) is 30.7 Å². The molecule has 2 unspecified atom stereocenters. The average Bonchev–Trinajstić information content (AvgIpc) is 3.71. The molecule has 0 bridgehead atoms. The Kier molecular flexibility index (Phi) is 10.4. The smallest absolute Gasteiger partial charge is 0.282 e. The Morgan fingerprint density at radius 3 is 2.38 bits per heavy atom. The largest absolute Gasteiger partial charge is 0.477 e. The molecule has 4 aromatic heterocycles. The molecule has 1 aliphatic rings. The molecule has 0 saturated heterocycles. The number of nitrogens with zero attached hydrogens (tertiary/aromatic N) is 6. The lowest BCUT2D eigenvalue weighted by molar-refractivity contribution is 0.0908. The number of hydrogen-bond donors (Lipinski definition) is 1. The van der Waals surface area contributed by atoms with Gasteiger partial charge in [0.25, 0.3) is 14.7 Å². The molecule has 7 rings (SSSR count). The van der Waals surface area contributed by atoms with Gasteiger partial charge in [0.1, 0.15) is 29.8 Å². The predicted octanol–water partition coefficient (Wildman–Crippen LogP) is 8.31. The van der Waals surface area contributed by atoms with Crippen LogP contribution in [0.15, 0.2) is 91.3 Å². The van der Waals surface area contributed by atoms with Gasteiger partial charge in [-0.3, -0.25) is 0 Å². The molecular weight excluding hydrogens is 731 g/mol. The minimum atomic E-state index is -3.47. The van der Waals surface area contributed by atoms with Gasteiger partial charge in [0.05, 0.1) is 23.9 Å². The monoisotopic (exact) mass is 776 g/mol. The van der Waals surface area contributed by atoms with Gasteiger partial charge in [-0.15, -0.1) is 0 Å². The average molecular weight is 777 g/mol. The van der Waals surface area contributed by atoms with Gasteiger partial charge in [-0.05, 0) is 51.3 Å². The van der Waals surface area contributed by atoms with Crippen molar-refractivity contribution in [2.24, 2.45) is 0 Å². The second-order valence-corrected chi connectivity index (χ2v) is 25.9. The topological polar surface area (TPSA) is 111 Å². The number of rotatable bonds is 11. The fraction of sp³-hybridized carbons (Fsp3) is 0.333. The molecule has 55 heavy (non-hydrogen) atoms. The van der Waals surface area contributed by atoms with Crippen molar-refractivity contribution in [3.05, 3.63) is 108 Å². The number of alkyl halides is 2. The standard InChI is InChI=1S/C42H46F2N6O3Si2/c1-42(2,3)55(51,28-14-8-7-9-15-28)34-19-11-10-16-30(34)33-20-23-53-41-36(37(39(43)44)48-50(33)41)38-35(29-17-12-21-46-32(29)26-45)31-18-13-22-47-40(31)49(38)27-52-24-25-54(4,5)6/h7-19,21-22,33,39,51H,20,23-25,27H2,1-6H3. The summed E-state index contributed by atoms with van der Waals surface area (Å²) in [6, 6.07) is 27.2. The zero-order valence-electron chi connectivity index (χ0n) is 32.1. The van der Waals surface area contributed by atoms with Gasteiger partial charge in [-0.2, -0.15) is 10.4 Å². The Balaban J connectivity index is 1.49. The molecule has 0 aliphatic carbocycles. The van der Waals surface area contributed by atoms with Crippen molar-refractivity contribution in [2.45, 2.75) is 77.1 Å². The van der Waals surface area contributed by atoms with E-state index in [4.69, 9.17) is 14.5 Å². The summed E-state index contributed by atoms with van der Waals surface area (Å²) in [5.41, 5.74) is 2.47. The second kappa shape index (κ2) is 14.9. The number of hydrogen-bond acceptors (Lipinski definition) is 7. The summed E-state index contributed by atoms with van der Waals surface area (Å²) in [5, 5.41) is 16.7. The lowest BCUT2D eigenvalue weighted by Crippen LogP contribution is -2.65. The first-order valence-corrected chi connectivity index (χ1v) is 24.2. The first-order valence-electron chi connectivity index (χ1n) is 18.6. The van der Waals surface area contributed by atoms with E-state index in [9.17, 15) is 10.1 Å². The Labute approximate surface area is 322 Å². The Morgan fingerprint density at radius 2 is 1.67 bits per heavy atom. The molecule has 2 atom stereocenters. The van der Waals surface area contributed by atoms with Gasteiger partial charge in [0, 0.05) is 50.0 Å². The van der Waals surface area contributed by atoms with Gasteiger partial charge in [0.2, 0.25) is 5.88 Å². The van der Waals surface area contributed by atoms with E-state index in [0.717, 1.165) is 22.0 Å². The molecule has 6 aromatic rings. The van der Waals surface area contributed by atoms with Crippen LogP contribution in [0.4, 0.5) is 8.78 Å². The van der Waals surface area contributed by atoms with Crippen molar-refractivity contribution in [1.82, 2.24) is 24.3 Å². The Morgan fingerprint density at radius 1 is 0.964 bits per heavy atom. The van der Waals surface area contributed by atoms with Crippen LogP contribution in [-0.4, -0.2) is 58.7 Å². The molecule has 284 valence electrons. The van der Waals surface area contributed by atoms with E-state index in [1.807, 2.05) is 81.4 Å². The lowest BCUT2D eigenvalue weighted by atomic mass is 9.97. The highest BCUT2D eigenvalue weighted by Crippen LogP contribution is 2.50. The molecule has 1 aliphatic heterocycles. The van der Waals surface area contributed by atoms with E-state index < -0.39 is 39.6 Å². The summed E-state index contributed by atoms with van der Waals surface area (Å²) >= 11 is 0. The zero-order valence-corrected chi connectivity index (χ0v) is 34.1. The Hall–Kier alpha value is -5.01. The summed E-state index contributed by atoms with van der Waals surface area (Å²) in [7, 11) is -4.92. The van der Waals surface area contributed by atoms with E-state index in [1.165, 1.54) is 6.20 Å². The third kappa shape index (κ3) is 6.93. The number of benzene rings is 2. The first kappa shape index (κ1) is 38.3. The van der Waals surface area contributed by atoms with Crippen LogP contribution >= 0.6 is 0 Å². The van der Waals surface area contributed by atoms with E-state index in [-0.39, 0.29) is 30.5 Å². The van der Waals surface area contributed by atoms with Crippen molar-refractivity contribution >= 4 is 37.8 Å². The maximum Gasteiger partial charge on any atom is 0.282 e.